The second kappa shape index (κ2) is 5.61. The molecule has 6 heteroatoms. The number of hydrogen-bond donors (Lipinski definition) is 0. The van der Waals surface area contributed by atoms with Gasteiger partial charge in [0.25, 0.3) is 0 Å². The second-order valence-corrected chi connectivity index (χ2v) is 3.91. The smallest absolute Gasteiger partial charge is 0.406 e. The lowest BCUT2D eigenvalue weighted by molar-refractivity contribution is -0.274. The molecule has 0 atom stereocenters. The molecular formula is C14H9F3N2O. The van der Waals surface area contributed by atoms with Crippen LogP contribution < -0.4 is 4.74 Å². The van der Waals surface area contributed by atoms with E-state index in [1.54, 1.807) is 18.2 Å². The molecule has 2 aromatic rings. The molecule has 102 valence electrons. The third kappa shape index (κ3) is 3.48. The normalized spacial score (nSPS) is 10.9. The number of pyridine rings is 1. The molecule has 1 heterocycles. The Kier molecular flexibility index (Phi) is 3.89. The van der Waals surface area contributed by atoms with Gasteiger partial charge in [0.15, 0.2) is 0 Å². The number of benzene rings is 1. The summed E-state index contributed by atoms with van der Waals surface area (Å²) in [4.78, 5) is 4.06. The van der Waals surface area contributed by atoms with E-state index in [2.05, 4.69) is 9.72 Å². The molecule has 0 bridgehead atoms. The summed E-state index contributed by atoms with van der Waals surface area (Å²) < 4.78 is 40.5. The number of ether oxygens (including phenoxy) is 1. The lowest BCUT2D eigenvalue weighted by atomic mass is 10.0. The van der Waals surface area contributed by atoms with Crippen molar-refractivity contribution in [3.05, 3.63) is 48.3 Å². The van der Waals surface area contributed by atoms with Crippen molar-refractivity contribution in [2.45, 2.75) is 12.8 Å². The average molecular weight is 278 g/mol. The van der Waals surface area contributed by atoms with Gasteiger partial charge < -0.3 is 4.74 Å². The molecule has 1 aromatic heterocycles. The van der Waals surface area contributed by atoms with Crippen LogP contribution in [-0.4, -0.2) is 11.3 Å². The predicted octanol–water partition coefficient (Wildman–Crippen LogP) is 3.71. The van der Waals surface area contributed by atoms with E-state index in [1.807, 2.05) is 6.07 Å². The zero-order chi connectivity index (χ0) is 14.6. The molecule has 0 radical (unpaired) electrons. The molecule has 0 aliphatic carbocycles. The van der Waals surface area contributed by atoms with Gasteiger partial charge in [0.2, 0.25) is 0 Å². The maximum atomic E-state index is 12.2. The number of aromatic nitrogens is 1. The Balaban J connectivity index is 2.39. The summed E-state index contributed by atoms with van der Waals surface area (Å²) in [6.07, 6.45) is -3.12. The van der Waals surface area contributed by atoms with Crippen molar-refractivity contribution in [2.75, 3.05) is 0 Å². The first-order valence-corrected chi connectivity index (χ1v) is 5.66. The van der Waals surface area contributed by atoms with E-state index in [1.165, 1.54) is 24.4 Å². The van der Waals surface area contributed by atoms with Crippen LogP contribution in [0.2, 0.25) is 0 Å². The molecule has 1 aromatic carbocycles. The molecule has 0 saturated carbocycles. The summed E-state index contributed by atoms with van der Waals surface area (Å²) in [6.45, 7) is 0. The average Bonchev–Trinajstić information content (AvgIpc) is 2.38. The van der Waals surface area contributed by atoms with Gasteiger partial charge in [0.05, 0.1) is 18.2 Å². The first-order chi connectivity index (χ1) is 9.49. The first-order valence-electron chi connectivity index (χ1n) is 5.66. The third-order valence-corrected chi connectivity index (χ3v) is 2.52. The van der Waals surface area contributed by atoms with E-state index in [4.69, 9.17) is 5.26 Å². The lowest BCUT2D eigenvalue weighted by Gasteiger charge is -2.11. The highest BCUT2D eigenvalue weighted by atomic mass is 19.4. The minimum atomic E-state index is -4.73. The number of nitriles is 1. The van der Waals surface area contributed by atoms with Gasteiger partial charge in [0, 0.05) is 11.8 Å². The fraction of sp³-hybridized carbons (Fsp3) is 0.143. The molecule has 0 spiro atoms. The van der Waals surface area contributed by atoms with E-state index in [9.17, 15) is 13.2 Å². The molecule has 3 nitrogen and oxygen atoms in total. The molecule has 0 fully saturated rings. The van der Waals surface area contributed by atoms with Crippen molar-refractivity contribution < 1.29 is 17.9 Å². The van der Waals surface area contributed by atoms with E-state index >= 15 is 0 Å². The van der Waals surface area contributed by atoms with E-state index in [0.717, 1.165) is 0 Å². The third-order valence-electron chi connectivity index (χ3n) is 2.52. The SMILES string of the molecule is N#CCc1ncccc1-c1cccc(OC(F)(F)F)c1. The topological polar surface area (TPSA) is 45.9 Å². The standard InChI is InChI=1S/C14H9F3N2O/c15-14(16,17)20-11-4-1-3-10(9-11)12-5-2-8-19-13(12)6-7-18/h1-5,8-9H,6H2. The Bertz CT molecular complexity index is 647. The zero-order valence-corrected chi connectivity index (χ0v) is 10.2. The Morgan fingerprint density at radius 1 is 1.20 bits per heavy atom. The van der Waals surface area contributed by atoms with Crippen molar-refractivity contribution in [1.29, 1.82) is 5.26 Å². The van der Waals surface area contributed by atoms with Gasteiger partial charge in [-0.3, -0.25) is 4.98 Å². The van der Waals surface area contributed by atoms with E-state index in [-0.39, 0.29) is 12.2 Å². The quantitative estimate of drug-likeness (QED) is 0.859. The molecule has 20 heavy (non-hydrogen) atoms. The number of nitrogens with zero attached hydrogens (tertiary/aromatic N) is 2. The zero-order valence-electron chi connectivity index (χ0n) is 10.2. The number of alkyl halides is 3. The van der Waals surface area contributed by atoms with E-state index in [0.29, 0.717) is 16.8 Å². The van der Waals surface area contributed by atoms with Crippen molar-refractivity contribution in [1.82, 2.24) is 4.98 Å². The predicted molar refractivity (Wildman–Crippen MR) is 65.7 cm³/mol. The highest BCUT2D eigenvalue weighted by molar-refractivity contribution is 5.67. The maximum absolute atomic E-state index is 12.2. The maximum Gasteiger partial charge on any atom is 0.573 e. The molecule has 0 saturated heterocycles. The monoisotopic (exact) mass is 278 g/mol. The molecule has 2 rings (SSSR count). The molecule has 0 N–H and O–H groups in total. The molecular weight excluding hydrogens is 269 g/mol. The van der Waals surface area contributed by atoms with E-state index < -0.39 is 6.36 Å². The van der Waals surface area contributed by atoms with Crippen LogP contribution in [0.5, 0.6) is 5.75 Å². The Hall–Kier alpha value is -2.55. The highest BCUT2D eigenvalue weighted by Gasteiger charge is 2.31. The Labute approximate surface area is 113 Å². The van der Waals surface area contributed by atoms with Crippen molar-refractivity contribution in [3.63, 3.8) is 0 Å². The minimum Gasteiger partial charge on any atom is -0.406 e. The van der Waals surface area contributed by atoms with Crippen LogP contribution in [0.15, 0.2) is 42.6 Å². The van der Waals surface area contributed by atoms with Crippen molar-refractivity contribution in [3.8, 4) is 22.9 Å². The van der Waals surface area contributed by atoms with Gasteiger partial charge >= 0.3 is 6.36 Å². The van der Waals surface area contributed by atoms with Crippen LogP contribution in [0, 0.1) is 11.3 Å². The summed E-state index contributed by atoms with van der Waals surface area (Å²) >= 11 is 0. The summed E-state index contributed by atoms with van der Waals surface area (Å²) in [6, 6.07) is 10.9. The summed E-state index contributed by atoms with van der Waals surface area (Å²) in [5.74, 6) is -0.304. The van der Waals surface area contributed by atoms with Gasteiger partial charge in [-0.15, -0.1) is 13.2 Å². The molecule has 0 unspecified atom stereocenters. The lowest BCUT2D eigenvalue weighted by Crippen LogP contribution is -2.17. The number of halogens is 3. The second-order valence-electron chi connectivity index (χ2n) is 3.91. The van der Waals surface area contributed by atoms with Crippen molar-refractivity contribution >= 4 is 0 Å². The number of rotatable bonds is 3. The van der Waals surface area contributed by atoms with Gasteiger partial charge in [-0.25, -0.2) is 0 Å². The Morgan fingerprint density at radius 3 is 2.70 bits per heavy atom. The van der Waals surface area contributed by atoms with Crippen LogP contribution in [-0.2, 0) is 6.42 Å². The van der Waals surface area contributed by atoms with Crippen LogP contribution >= 0.6 is 0 Å². The van der Waals surface area contributed by atoms with Gasteiger partial charge in [-0.05, 0) is 23.8 Å². The van der Waals surface area contributed by atoms with Crippen LogP contribution in [0.25, 0.3) is 11.1 Å². The fourth-order valence-corrected chi connectivity index (χ4v) is 1.78. The van der Waals surface area contributed by atoms with Crippen LogP contribution in [0.3, 0.4) is 0 Å². The van der Waals surface area contributed by atoms with Crippen molar-refractivity contribution in [2.24, 2.45) is 0 Å². The van der Waals surface area contributed by atoms with Crippen LogP contribution in [0.1, 0.15) is 5.69 Å². The van der Waals surface area contributed by atoms with Gasteiger partial charge in [0.1, 0.15) is 5.75 Å². The summed E-state index contributed by atoms with van der Waals surface area (Å²) in [7, 11) is 0. The minimum absolute atomic E-state index is 0.0839. The van der Waals surface area contributed by atoms with Gasteiger partial charge in [-0.2, -0.15) is 5.26 Å². The van der Waals surface area contributed by atoms with Gasteiger partial charge in [-0.1, -0.05) is 18.2 Å². The van der Waals surface area contributed by atoms with Crippen LogP contribution in [0.4, 0.5) is 13.2 Å². The highest BCUT2D eigenvalue weighted by Crippen LogP contribution is 2.29. The first kappa shape index (κ1) is 13.9. The summed E-state index contributed by atoms with van der Waals surface area (Å²) in [5.41, 5.74) is 1.64. The molecule has 0 amide bonds. The molecule has 0 aliphatic rings. The molecule has 0 aliphatic heterocycles. The summed E-state index contributed by atoms with van der Waals surface area (Å²) in [5, 5.41) is 8.74. The fourth-order valence-electron chi connectivity index (χ4n) is 1.78. The Morgan fingerprint density at radius 2 is 2.00 bits per heavy atom. The largest absolute Gasteiger partial charge is 0.573 e. The number of hydrogen-bond acceptors (Lipinski definition) is 3.